The van der Waals surface area contributed by atoms with Crippen LogP contribution in [-0.4, -0.2) is 42.5 Å². The smallest absolute Gasteiger partial charge is 0.415 e. The summed E-state index contributed by atoms with van der Waals surface area (Å²) >= 11 is 0. The van der Waals surface area contributed by atoms with Crippen LogP contribution >= 0.6 is 0 Å². The fourth-order valence-electron chi connectivity index (χ4n) is 2.70. The lowest BCUT2D eigenvalue weighted by Gasteiger charge is -2.30. The van der Waals surface area contributed by atoms with Gasteiger partial charge in [0, 0.05) is 12.8 Å². The van der Waals surface area contributed by atoms with Gasteiger partial charge in [0.25, 0.3) is 0 Å². The molecule has 2 fully saturated rings. The Labute approximate surface area is 115 Å². The van der Waals surface area contributed by atoms with Gasteiger partial charge in [-0.1, -0.05) is 12.1 Å². The molecule has 0 radical (unpaired) electrons. The van der Waals surface area contributed by atoms with Crippen molar-refractivity contribution in [2.24, 2.45) is 0 Å². The second kappa shape index (κ2) is 4.79. The molecule has 2 saturated heterocycles. The van der Waals surface area contributed by atoms with E-state index >= 15 is 0 Å². The van der Waals surface area contributed by atoms with Gasteiger partial charge in [0.15, 0.2) is 0 Å². The van der Waals surface area contributed by atoms with E-state index in [2.05, 4.69) is 0 Å². The number of aromatic carboxylic acids is 1. The minimum atomic E-state index is -1.05. The van der Waals surface area contributed by atoms with E-state index in [9.17, 15) is 14.7 Å². The van der Waals surface area contributed by atoms with E-state index in [-0.39, 0.29) is 5.56 Å². The van der Waals surface area contributed by atoms with E-state index < -0.39 is 17.7 Å². The third-order valence-corrected chi connectivity index (χ3v) is 3.80. The molecular weight excluding hydrogens is 262 g/mol. The summed E-state index contributed by atoms with van der Waals surface area (Å²) in [6.45, 7) is 1.49. The molecule has 0 unspecified atom stereocenters. The number of amides is 1. The third kappa shape index (κ3) is 2.12. The number of carbonyl (C=O) groups is 2. The van der Waals surface area contributed by atoms with Crippen molar-refractivity contribution in [2.45, 2.75) is 18.4 Å². The summed E-state index contributed by atoms with van der Waals surface area (Å²) in [7, 11) is 0. The second-order valence-electron chi connectivity index (χ2n) is 5.07. The van der Waals surface area contributed by atoms with Gasteiger partial charge in [0.2, 0.25) is 0 Å². The summed E-state index contributed by atoms with van der Waals surface area (Å²) in [6, 6.07) is 6.46. The quantitative estimate of drug-likeness (QED) is 0.893. The highest BCUT2D eigenvalue weighted by Gasteiger charge is 2.47. The van der Waals surface area contributed by atoms with Crippen LogP contribution in [0.2, 0.25) is 0 Å². The number of para-hydroxylation sites is 1. The summed E-state index contributed by atoms with van der Waals surface area (Å²) in [4.78, 5) is 24.8. The SMILES string of the molecule is O=C(O)c1ccccc1N1CC2(CCOCC2)OC1=O. The number of carbonyl (C=O) groups excluding carboxylic acids is 1. The van der Waals surface area contributed by atoms with Gasteiger partial charge in [0.1, 0.15) is 5.60 Å². The van der Waals surface area contributed by atoms with E-state index in [0.717, 1.165) is 0 Å². The van der Waals surface area contributed by atoms with Gasteiger partial charge < -0.3 is 14.6 Å². The normalized spacial score (nSPS) is 21.0. The Bertz CT molecular complexity index is 550. The minimum absolute atomic E-state index is 0.105. The van der Waals surface area contributed by atoms with Gasteiger partial charge in [-0.3, -0.25) is 4.90 Å². The fraction of sp³-hybridized carbons (Fsp3) is 0.429. The maximum atomic E-state index is 12.1. The lowest BCUT2D eigenvalue weighted by atomic mass is 9.94. The molecule has 0 bridgehead atoms. The van der Waals surface area contributed by atoms with E-state index in [0.29, 0.717) is 38.3 Å². The standard InChI is InChI=1S/C14H15NO5/c16-12(17)10-3-1-2-4-11(10)15-9-14(20-13(15)18)5-7-19-8-6-14/h1-4H,5-9H2,(H,16,17). The molecular formula is C14H15NO5. The first-order valence-corrected chi connectivity index (χ1v) is 6.52. The van der Waals surface area contributed by atoms with E-state index in [1.807, 2.05) is 0 Å². The zero-order valence-electron chi connectivity index (χ0n) is 10.9. The van der Waals surface area contributed by atoms with Crippen LogP contribution < -0.4 is 4.90 Å². The lowest BCUT2D eigenvalue weighted by Crippen LogP contribution is -2.40. The number of carboxylic acids is 1. The maximum Gasteiger partial charge on any atom is 0.415 e. The van der Waals surface area contributed by atoms with Gasteiger partial charge in [-0.15, -0.1) is 0 Å². The zero-order chi connectivity index (χ0) is 14.2. The van der Waals surface area contributed by atoms with Crippen LogP contribution in [0.25, 0.3) is 0 Å². The second-order valence-corrected chi connectivity index (χ2v) is 5.07. The summed E-state index contributed by atoms with van der Waals surface area (Å²) in [5, 5.41) is 9.22. The van der Waals surface area contributed by atoms with Crippen molar-refractivity contribution in [3.63, 3.8) is 0 Å². The van der Waals surface area contributed by atoms with Crippen molar-refractivity contribution < 1.29 is 24.2 Å². The van der Waals surface area contributed by atoms with Crippen LogP contribution in [0.3, 0.4) is 0 Å². The van der Waals surface area contributed by atoms with E-state index in [1.165, 1.54) is 11.0 Å². The van der Waals surface area contributed by atoms with Crippen molar-refractivity contribution >= 4 is 17.7 Å². The molecule has 2 heterocycles. The van der Waals surface area contributed by atoms with Crippen molar-refractivity contribution in [1.82, 2.24) is 0 Å². The van der Waals surface area contributed by atoms with Crippen LogP contribution in [0.4, 0.5) is 10.5 Å². The minimum Gasteiger partial charge on any atom is -0.478 e. The molecule has 0 atom stereocenters. The average molecular weight is 277 g/mol. The molecule has 106 valence electrons. The van der Waals surface area contributed by atoms with Gasteiger partial charge >= 0.3 is 12.1 Å². The molecule has 0 aliphatic carbocycles. The van der Waals surface area contributed by atoms with Crippen molar-refractivity contribution in [1.29, 1.82) is 0 Å². The van der Waals surface area contributed by atoms with E-state index in [4.69, 9.17) is 9.47 Å². The molecule has 2 aliphatic heterocycles. The highest BCUT2D eigenvalue weighted by Crippen LogP contribution is 2.36. The first-order chi connectivity index (χ1) is 9.61. The molecule has 1 amide bonds. The Morgan fingerprint density at radius 2 is 1.95 bits per heavy atom. The molecule has 0 aromatic heterocycles. The van der Waals surface area contributed by atoms with Crippen LogP contribution in [0.15, 0.2) is 24.3 Å². The average Bonchev–Trinajstić information content (AvgIpc) is 2.76. The number of hydrogen-bond donors (Lipinski definition) is 1. The van der Waals surface area contributed by atoms with Gasteiger partial charge in [-0.25, -0.2) is 9.59 Å². The molecule has 6 heteroatoms. The molecule has 20 heavy (non-hydrogen) atoms. The van der Waals surface area contributed by atoms with Crippen LogP contribution in [0.1, 0.15) is 23.2 Å². The molecule has 1 aromatic rings. The van der Waals surface area contributed by atoms with Crippen LogP contribution in [0, 0.1) is 0 Å². The number of rotatable bonds is 2. The number of ether oxygens (including phenoxy) is 2. The number of anilines is 1. The van der Waals surface area contributed by atoms with Gasteiger partial charge in [-0.2, -0.15) is 0 Å². The number of nitrogens with zero attached hydrogens (tertiary/aromatic N) is 1. The Kier molecular flexibility index (Phi) is 3.10. The Hall–Kier alpha value is -2.08. The van der Waals surface area contributed by atoms with Gasteiger partial charge in [-0.05, 0) is 12.1 Å². The Morgan fingerprint density at radius 1 is 1.25 bits per heavy atom. The monoisotopic (exact) mass is 277 g/mol. The largest absolute Gasteiger partial charge is 0.478 e. The molecule has 1 aromatic carbocycles. The van der Waals surface area contributed by atoms with Crippen LogP contribution in [0.5, 0.6) is 0 Å². The highest BCUT2D eigenvalue weighted by molar-refractivity contribution is 6.00. The summed E-state index contributed by atoms with van der Waals surface area (Å²) in [6.07, 6.45) is 0.801. The van der Waals surface area contributed by atoms with Gasteiger partial charge in [0.05, 0.1) is 31.0 Å². The number of hydrogen-bond acceptors (Lipinski definition) is 4. The highest BCUT2D eigenvalue weighted by atomic mass is 16.6. The molecule has 6 nitrogen and oxygen atoms in total. The molecule has 1 N–H and O–H groups in total. The Balaban J connectivity index is 1.91. The molecule has 1 spiro atoms. The molecule has 3 rings (SSSR count). The first kappa shape index (κ1) is 12.9. The summed E-state index contributed by atoms with van der Waals surface area (Å²) in [5.74, 6) is -1.05. The fourth-order valence-corrected chi connectivity index (χ4v) is 2.70. The predicted octanol–water partition coefficient (Wildman–Crippen LogP) is 1.89. The predicted molar refractivity (Wildman–Crippen MR) is 70.0 cm³/mol. The van der Waals surface area contributed by atoms with Crippen molar-refractivity contribution in [2.75, 3.05) is 24.7 Å². The number of carboxylic acid groups (broad SMARTS) is 1. The Morgan fingerprint density at radius 3 is 2.65 bits per heavy atom. The summed E-state index contributed by atoms with van der Waals surface area (Å²) in [5.41, 5.74) is -0.0528. The number of benzene rings is 1. The summed E-state index contributed by atoms with van der Waals surface area (Å²) < 4.78 is 10.8. The van der Waals surface area contributed by atoms with Crippen LogP contribution in [-0.2, 0) is 9.47 Å². The van der Waals surface area contributed by atoms with E-state index in [1.54, 1.807) is 18.2 Å². The van der Waals surface area contributed by atoms with Crippen molar-refractivity contribution in [3.8, 4) is 0 Å². The zero-order valence-corrected chi connectivity index (χ0v) is 10.9. The first-order valence-electron chi connectivity index (χ1n) is 6.52. The lowest BCUT2D eigenvalue weighted by molar-refractivity contribution is -0.0431. The maximum absolute atomic E-state index is 12.1. The molecule has 2 aliphatic rings. The topological polar surface area (TPSA) is 76.1 Å². The van der Waals surface area contributed by atoms with Crippen molar-refractivity contribution in [3.05, 3.63) is 29.8 Å². The third-order valence-electron chi connectivity index (χ3n) is 3.80. The molecule has 0 saturated carbocycles.